The molecule has 0 unspecified atom stereocenters. The van der Waals surface area contributed by atoms with Crippen molar-refractivity contribution in [1.29, 1.82) is 0 Å². The summed E-state index contributed by atoms with van der Waals surface area (Å²) in [4.78, 5) is 40.1. The molecule has 1 aliphatic heterocycles. The zero-order chi connectivity index (χ0) is 28.0. The van der Waals surface area contributed by atoms with Crippen LogP contribution in [-0.4, -0.2) is 36.8 Å². The van der Waals surface area contributed by atoms with E-state index in [2.05, 4.69) is 31.0 Å². The van der Waals surface area contributed by atoms with Crippen LogP contribution in [0.25, 0.3) is 0 Å². The van der Waals surface area contributed by atoms with E-state index in [-0.39, 0.29) is 17.1 Å². The van der Waals surface area contributed by atoms with Gasteiger partial charge in [-0.25, -0.2) is 4.79 Å². The average Bonchev–Trinajstić information content (AvgIpc) is 2.93. The van der Waals surface area contributed by atoms with Gasteiger partial charge < -0.3 is 15.0 Å². The van der Waals surface area contributed by atoms with Crippen molar-refractivity contribution in [2.24, 2.45) is 0 Å². The largest absolute Gasteiger partial charge is 0.423 e. The van der Waals surface area contributed by atoms with Crippen molar-refractivity contribution in [2.75, 3.05) is 18.0 Å². The maximum Gasteiger partial charge on any atom is 0.343 e. The first-order chi connectivity index (χ1) is 18.6. The van der Waals surface area contributed by atoms with Crippen LogP contribution in [0.5, 0.6) is 5.75 Å². The molecule has 1 fully saturated rings. The number of rotatable bonds is 8. The molecule has 204 valence electrons. The Kier molecular flexibility index (Phi) is 8.85. The quantitative estimate of drug-likeness (QED) is 0.283. The van der Waals surface area contributed by atoms with Gasteiger partial charge in [0.25, 0.3) is 5.91 Å². The van der Waals surface area contributed by atoms with Gasteiger partial charge in [-0.2, -0.15) is 0 Å². The topological polar surface area (TPSA) is 75.7 Å². The highest BCUT2D eigenvalue weighted by Gasteiger charge is 2.20. The Hall–Kier alpha value is -3.93. The smallest absolute Gasteiger partial charge is 0.343 e. The highest BCUT2D eigenvalue weighted by molar-refractivity contribution is 5.97. The van der Waals surface area contributed by atoms with Crippen molar-refractivity contribution in [3.05, 3.63) is 95.1 Å². The average molecular weight is 527 g/mol. The number of carbonyl (C=O) groups excluding carboxylic acids is 3. The summed E-state index contributed by atoms with van der Waals surface area (Å²) in [6, 6.07) is 21.4. The normalized spacial score (nSPS) is 14.4. The van der Waals surface area contributed by atoms with E-state index in [9.17, 15) is 14.4 Å². The summed E-state index contributed by atoms with van der Waals surface area (Å²) < 4.78 is 5.56. The summed E-state index contributed by atoms with van der Waals surface area (Å²) in [6.07, 6.45) is 4.01. The van der Waals surface area contributed by atoms with E-state index >= 15 is 0 Å². The van der Waals surface area contributed by atoms with Gasteiger partial charge in [-0.15, -0.1) is 0 Å². The summed E-state index contributed by atoms with van der Waals surface area (Å²) in [7, 11) is 0. The van der Waals surface area contributed by atoms with E-state index in [1.54, 1.807) is 36.4 Å². The third-order valence-corrected chi connectivity index (χ3v) is 7.21. The van der Waals surface area contributed by atoms with Crippen LogP contribution in [0.15, 0.2) is 72.8 Å². The first kappa shape index (κ1) is 28.1. The minimum Gasteiger partial charge on any atom is -0.423 e. The Balaban J connectivity index is 1.33. The molecule has 3 aromatic rings. The van der Waals surface area contributed by atoms with Crippen LogP contribution in [0.1, 0.15) is 78.8 Å². The zero-order valence-corrected chi connectivity index (χ0v) is 23.3. The van der Waals surface area contributed by atoms with Gasteiger partial charge in [0.1, 0.15) is 5.75 Å². The van der Waals surface area contributed by atoms with Gasteiger partial charge in [0.05, 0.1) is 11.6 Å². The van der Waals surface area contributed by atoms with Crippen LogP contribution in [0, 0.1) is 0 Å². The molecule has 1 saturated heterocycles. The third-order valence-electron chi connectivity index (χ3n) is 7.21. The van der Waals surface area contributed by atoms with Crippen LogP contribution in [0.4, 0.5) is 5.69 Å². The van der Waals surface area contributed by atoms with Crippen molar-refractivity contribution in [1.82, 2.24) is 5.32 Å². The lowest BCUT2D eigenvalue weighted by molar-refractivity contribution is -0.118. The minimum atomic E-state index is -0.661. The van der Waals surface area contributed by atoms with Crippen LogP contribution in [0.2, 0.25) is 0 Å². The third kappa shape index (κ3) is 7.56. The number of nitrogens with one attached hydrogen (secondary N) is 1. The molecule has 1 aliphatic rings. The predicted octanol–water partition coefficient (Wildman–Crippen LogP) is 6.12. The fraction of sp³-hybridized carbons (Fsp3) is 0.364. The molecule has 3 aromatic carbocycles. The Bertz CT molecular complexity index is 1280. The Morgan fingerprint density at radius 3 is 1.97 bits per heavy atom. The van der Waals surface area contributed by atoms with E-state index in [1.165, 1.54) is 26.2 Å². The van der Waals surface area contributed by atoms with Gasteiger partial charge in [0, 0.05) is 24.3 Å². The van der Waals surface area contributed by atoms with E-state index in [1.807, 2.05) is 36.4 Å². The lowest BCUT2D eigenvalue weighted by Gasteiger charge is -2.28. The van der Waals surface area contributed by atoms with E-state index < -0.39 is 12.0 Å². The van der Waals surface area contributed by atoms with Gasteiger partial charge in [-0.05, 0) is 97.7 Å². The standard InChI is InChI=1S/C33H38N2O4/c1-23(36)30(34-31(37)25-10-14-27(15-11-25)33(2,3)4)22-24-8-18-29(19-9-24)39-32(38)26-12-16-28(17-13-26)35-20-6-5-7-21-35/h8-19,30H,5-7,20-22H2,1-4H3,(H,34,37)/t30-/m0/s1. The van der Waals surface area contributed by atoms with Crippen molar-refractivity contribution in [3.8, 4) is 5.75 Å². The van der Waals surface area contributed by atoms with Gasteiger partial charge in [0.15, 0.2) is 5.78 Å². The molecule has 4 rings (SSSR count). The van der Waals surface area contributed by atoms with Crippen molar-refractivity contribution in [3.63, 3.8) is 0 Å². The number of carbonyl (C=O) groups is 3. The number of ketones is 1. The zero-order valence-electron chi connectivity index (χ0n) is 23.3. The van der Waals surface area contributed by atoms with Crippen LogP contribution >= 0.6 is 0 Å². The monoisotopic (exact) mass is 526 g/mol. The molecule has 6 nitrogen and oxygen atoms in total. The number of Topliss-reactive ketones (excluding diaryl/α,β-unsaturated/α-hetero) is 1. The molecule has 1 atom stereocenters. The van der Waals surface area contributed by atoms with Gasteiger partial charge >= 0.3 is 5.97 Å². The molecule has 1 heterocycles. The number of ether oxygens (including phenoxy) is 1. The number of piperidine rings is 1. The fourth-order valence-electron chi connectivity index (χ4n) is 4.72. The summed E-state index contributed by atoms with van der Waals surface area (Å²) in [5.74, 6) is -0.406. The van der Waals surface area contributed by atoms with Gasteiger partial charge in [-0.1, -0.05) is 45.0 Å². The number of hydrogen-bond donors (Lipinski definition) is 1. The second-order valence-electron chi connectivity index (χ2n) is 11.3. The lowest BCUT2D eigenvalue weighted by Crippen LogP contribution is -2.41. The molecule has 0 aliphatic carbocycles. The summed E-state index contributed by atoms with van der Waals surface area (Å²) >= 11 is 0. The maximum atomic E-state index is 12.8. The fourth-order valence-corrected chi connectivity index (χ4v) is 4.72. The summed E-state index contributed by atoms with van der Waals surface area (Å²) in [5.41, 5.74) is 4.12. The molecule has 0 bridgehead atoms. The second kappa shape index (κ2) is 12.3. The van der Waals surface area contributed by atoms with E-state index in [0.717, 1.165) is 29.9 Å². The first-order valence-electron chi connectivity index (χ1n) is 13.7. The van der Waals surface area contributed by atoms with Crippen LogP contribution in [-0.2, 0) is 16.6 Å². The number of esters is 1. The molecule has 39 heavy (non-hydrogen) atoms. The Morgan fingerprint density at radius 1 is 0.821 bits per heavy atom. The van der Waals surface area contributed by atoms with Crippen LogP contribution < -0.4 is 15.0 Å². The lowest BCUT2D eigenvalue weighted by atomic mass is 9.86. The first-order valence-corrected chi connectivity index (χ1v) is 13.7. The SMILES string of the molecule is CC(=O)[C@H](Cc1ccc(OC(=O)c2ccc(N3CCCCC3)cc2)cc1)NC(=O)c1ccc(C(C)(C)C)cc1. The maximum absolute atomic E-state index is 12.8. The number of hydrogen-bond acceptors (Lipinski definition) is 5. The van der Waals surface area contributed by atoms with E-state index in [4.69, 9.17) is 4.74 Å². The van der Waals surface area contributed by atoms with Crippen molar-refractivity contribution >= 4 is 23.3 Å². The molecule has 1 N–H and O–H groups in total. The highest BCUT2D eigenvalue weighted by Crippen LogP contribution is 2.23. The van der Waals surface area contributed by atoms with Crippen LogP contribution in [0.3, 0.4) is 0 Å². The molecule has 0 radical (unpaired) electrons. The van der Waals surface area contributed by atoms with E-state index in [0.29, 0.717) is 23.3 Å². The Morgan fingerprint density at radius 2 is 1.41 bits per heavy atom. The van der Waals surface area contributed by atoms with Crippen molar-refractivity contribution in [2.45, 2.75) is 64.8 Å². The summed E-state index contributed by atoms with van der Waals surface area (Å²) in [6.45, 7) is 9.93. The predicted molar refractivity (Wildman–Crippen MR) is 155 cm³/mol. The molecule has 0 spiro atoms. The van der Waals surface area contributed by atoms with Gasteiger partial charge in [-0.3, -0.25) is 9.59 Å². The Labute approximate surface area is 231 Å². The molecule has 1 amide bonds. The number of amides is 1. The highest BCUT2D eigenvalue weighted by atomic mass is 16.5. The summed E-state index contributed by atoms with van der Waals surface area (Å²) in [5, 5.41) is 2.86. The van der Waals surface area contributed by atoms with Gasteiger partial charge in [0.2, 0.25) is 0 Å². The number of benzene rings is 3. The minimum absolute atomic E-state index is 0.00507. The second-order valence-corrected chi connectivity index (χ2v) is 11.3. The number of anilines is 1. The molecule has 6 heteroatoms. The molecular formula is C33H38N2O4. The molecular weight excluding hydrogens is 488 g/mol. The molecule has 0 aromatic heterocycles. The van der Waals surface area contributed by atoms with Crippen molar-refractivity contribution < 1.29 is 19.1 Å². The number of nitrogens with zero attached hydrogens (tertiary/aromatic N) is 1. The molecule has 0 saturated carbocycles.